The lowest BCUT2D eigenvalue weighted by molar-refractivity contribution is -0.116. The highest BCUT2D eigenvalue weighted by atomic mass is 79.9. The van der Waals surface area contributed by atoms with E-state index in [0.29, 0.717) is 5.69 Å². The van der Waals surface area contributed by atoms with Gasteiger partial charge in [0.25, 0.3) is 5.91 Å². The van der Waals surface area contributed by atoms with Crippen LogP contribution in [0.4, 0.5) is 5.69 Å². The summed E-state index contributed by atoms with van der Waals surface area (Å²) in [5.74, 6) is -0.505. The molecule has 0 aliphatic heterocycles. The molecule has 1 amide bonds. The summed E-state index contributed by atoms with van der Waals surface area (Å²) < 4.78 is 0.917. The van der Waals surface area contributed by atoms with E-state index in [1.807, 2.05) is 0 Å². The molecule has 0 heterocycles. The maximum atomic E-state index is 11.2. The van der Waals surface area contributed by atoms with Crippen LogP contribution in [0.2, 0.25) is 0 Å². The second-order valence-corrected chi connectivity index (χ2v) is 3.52. The number of benzene rings is 1. The lowest BCUT2D eigenvalue weighted by Crippen LogP contribution is -2.33. The predicted octanol–water partition coefficient (Wildman–Crippen LogP) is 1.24. The molecule has 1 atom stereocenters. The van der Waals surface area contributed by atoms with E-state index < -0.39 is 11.9 Å². The van der Waals surface area contributed by atoms with Crippen LogP contribution in [0.25, 0.3) is 0 Å². The molecule has 0 spiro atoms. The summed E-state index contributed by atoms with van der Waals surface area (Å²) in [6, 6.07) is 7.53. The largest absolute Gasteiger partial charge is 0.324 e. The minimum atomic E-state index is -1.13. The average molecular weight is 254 g/mol. The van der Waals surface area contributed by atoms with Crippen LogP contribution in [0.1, 0.15) is 0 Å². The molecule has 0 saturated carbocycles. The van der Waals surface area contributed by atoms with Gasteiger partial charge in [0.05, 0.1) is 6.07 Å². The smallest absolute Gasteiger partial charge is 0.255 e. The van der Waals surface area contributed by atoms with Crippen LogP contribution in [0.3, 0.4) is 0 Å². The fourth-order valence-electron chi connectivity index (χ4n) is 0.812. The Hall–Kier alpha value is -1.38. The first-order valence-electron chi connectivity index (χ1n) is 3.85. The fraction of sp³-hybridized carbons (Fsp3) is 0.111. The number of nitriles is 1. The molecule has 0 unspecified atom stereocenters. The number of amides is 1. The van der Waals surface area contributed by atoms with Crippen molar-refractivity contribution in [2.24, 2.45) is 5.73 Å². The van der Waals surface area contributed by atoms with Crippen LogP contribution in [-0.4, -0.2) is 11.9 Å². The summed E-state index contributed by atoms with van der Waals surface area (Å²) in [7, 11) is 0. The van der Waals surface area contributed by atoms with Gasteiger partial charge in [0.2, 0.25) is 0 Å². The van der Waals surface area contributed by atoms with Crippen LogP contribution in [0, 0.1) is 11.3 Å². The summed E-state index contributed by atoms with van der Waals surface area (Å²) in [4.78, 5) is 11.2. The van der Waals surface area contributed by atoms with Crippen molar-refractivity contribution in [3.63, 3.8) is 0 Å². The van der Waals surface area contributed by atoms with E-state index in [1.165, 1.54) is 0 Å². The molecule has 0 aliphatic carbocycles. The monoisotopic (exact) mass is 253 g/mol. The number of nitrogens with two attached hydrogens (primary N) is 1. The van der Waals surface area contributed by atoms with E-state index in [2.05, 4.69) is 21.2 Å². The van der Waals surface area contributed by atoms with Gasteiger partial charge in [0, 0.05) is 10.2 Å². The summed E-state index contributed by atoms with van der Waals surface area (Å²) in [5.41, 5.74) is 5.83. The maximum Gasteiger partial charge on any atom is 0.255 e. The van der Waals surface area contributed by atoms with E-state index >= 15 is 0 Å². The molecule has 0 aliphatic rings. The van der Waals surface area contributed by atoms with Crippen molar-refractivity contribution in [3.8, 4) is 6.07 Å². The Morgan fingerprint density at radius 3 is 2.57 bits per heavy atom. The third-order valence-electron chi connectivity index (χ3n) is 1.53. The molecular formula is C9H8BrN3O. The van der Waals surface area contributed by atoms with Crippen LogP contribution in [0.5, 0.6) is 0 Å². The highest BCUT2D eigenvalue weighted by Gasteiger charge is 2.11. The standard InChI is InChI=1S/C9H8BrN3O/c10-6-1-3-7(4-2-6)13-9(14)8(12)5-11/h1-4,8H,12H2,(H,13,14)/t8-/m0/s1. The second-order valence-electron chi connectivity index (χ2n) is 2.60. The van der Waals surface area contributed by atoms with Crippen LogP contribution in [-0.2, 0) is 4.79 Å². The number of halogens is 1. The number of nitrogens with one attached hydrogen (secondary N) is 1. The molecule has 0 saturated heterocycles. The minimum Gasteiger partial charge on any atom is -0.324 e. The van der Waals surface area contributed by atoms with Gasteiger partial charge < -0.3 is 11.1 Å². The number of carbonyl (C=O) groups is 1. The first-order chi connectivity index (χ1) is 6.63. The number of anilines is 1. The van der Waals surface area contributed by atoms with Gasteiger partial charge in [-0.25, -0.2) is 0 Å². The van der Waals surface area contributed by atoms with Crippen LogP contribution >= 0.6 is 15.9 Å². The maximum absolute atomic E-state index is 11.2. The zero-order valence-electron chi connectivity index (χ0n) is 7.20. The Kier molecular flexibility index (Phi) is 3.63. The van der Waals surface area contributed by atoms with Gasteiger partial charge in [-0.15, -0.1) is 0 Å². The van der Waals surface area contributed by atoms with E-state index in [-0.39, 0.29) is 0 Å². The Balaban J connectivity index is 2.66. The Morgan fingerprint density at radius 2 is 2.07 bits per heavy atom. The molecular weight excluding hydrogens is 246 g/mol. The van der Waals surface area contributed by atoms with Gasteiger partial charge in [0.15, 0.2) is 6.04 Å². The summed E-state index contributed by atoms with van der Waals surface area (Å²) >= 11 is 3.26. The number of rotatable bonds is 2. The molecule has 1 aromatic carbocycles. The van der Waals surface area contributed by atoms with Crippen molar-refractivity contribution in [1.29, 1.82) is 5.26 Å². The number of carbonyl (C=O) groups excluding carboxylic acids is 1. The molecule has 5 heteroatoms. The lowest BCUT2D eigenvalue weighted by atomic mass is 10.3. The third-order valence-corrected chi connectivity index (χ3v) is 2.06. The van der Waals surface area contributed by atoms with Gasteiger partial charge in [-0.1, -0.05) is 15.9 Å². The molecule has 3 N–H and O–H groups in total. The van der Waals surface area contributed by atoms with Crippen LogP contribution in [0.15, 0.2) is 28.7 Å². The van der Waals surface area contributed by atoms with Crippen LogP contribution < -0.4 is 11.1 Å². The van der Waals surface area contributed by atoms with E-state index in [9.17, 15) is 4.79 Å². The molecule has 14 heavy (non-hydrogen) atoms. The van der Waals surface area contributed by atoms with E-state index in [1.54, 1.807) is 30.3 Å². The number of hydrogen-bond donors (Lipinski definition) is 2. The number of nitrogens with zero attached hydrogens (tertiary/aromatic N) is 1. The van der Waals surface area contributed by atoms with Crippen molar-refractivity contribution in [1.82, 2.24) is 0 Å². The van der Waals surface area contributed by atoms with Gasteiger partial charge >= 0.3 is 0 Å². The molecule has 1 aromatic rings. The predicted molar refractivity (Wildman–Crippen MR) is 56.4 cm³/mol. The quantitative estimate of drug-likeness (QED) is 0.833. The zero-order chi connectivity index (χ0) is 10.6. The molecule has 0 radical (unpaired) electrons. The fourth-order valence-corrected chi connectivity index (χ4v) is 1.08. The normalized spacial score (nSPS) is 11.5. The van der Waals surface area contributed by atoms with Gasteiger partial charge in [-0.05, 0) is 24.3 Å². The summed E-state index contributed by atoms with van der Waals surface area (Å²) in [5, 5.41) is 10.9. The molecule has 4 nitrogen and oxygen atoms in total. The van der Waals surface area contributed by atoms with E-state index in [0.717, 1.165) is 4.47 Å². The molecule has 0 bridgehead atoms. The topological polar surface area (TPSA) is 78.9 Å². The molecule has 1 rings (SSSR count). The second kappa shape index (κ2) is 4.74. The van der Waals surface area contributed by atoms with Crippen molar-refractivity contribution < 1.29 is 4.79 Å². The SMILES string of the molecule is N#C[C@H](N)C(=O)Nc1ccc(Br)cc1. The zero-order valence-corrected chi connectivity index (χ0v) is 8.78. The van der Waals surface area contributed by atoms with Crippen molar-refractivity contribution in [3.05, 3.63) is 28.7 Å². The lowest BCUT2D eigenvalue weighted by Gasteiger charge is -2.05. The Morgan fingerprint density at radius 1 is 1.50 bits per heavy atom. The van der Waals surface area contributed by atoms with E-state index in [4.69, 9.17) is 11.0 Å². The van der Waals surface area contributed by atoms with Crippen molar-refractivity contribution in [2.75, 3.05) is 5.32 Å². The molecule has 72 valence electrons. The van der Waals surface area contributed by atoms with Crippen molar-refractivity contribution in [2.45, 2.75) is 6.04 Å². The first-order valence-corrected chi connectivity index (χ1v) is 4.64. The Labute approximate surface area is 89.8 Å². The third kappa shape index (κ3) is 2.83. The summed E-state index contributed by atoms with van der Waals surface area (Å²) in [6.45, 7) is 0. The van der Waals surface area contributed by atoms with Gasteiger partial charge in [-0.2, -0.15) is 5.26 Å². The van der Waals surface area contributed by atoms with Gasteiger partial charge in [-0.3, -0.25) is 4.79 Å². The summed E-state index contributed by atoms with van der Waals surface area (Å²) in [6.07, 6.45) is 0. The van der Waals surface area contributed by atoms with Crippen molar-refractivity contribution >= 4 is 27.5 Å². The average Bonchev–Trinajstić information content (AvgIpc) is 2.20. The highest BCUT2D eigenvalue weighted by Crippen LogP contribution is 2.13. The highest BCUT2D eigenvalue weighted by molar-refractivity contribution is 9.10. The Bertz CT molecular complexity index is 369. The van der Waals surface area contributed by atoms with Gasteiger partial charge in [0.1, 0.15) is 0 Å². The number of hydrogen-bond acceptors (Lipinski definition) is 3. The minimum absolute atomic E-state index is 0.505. The first kappa shape index (κ1) is 10.7. The molecule has 0 aromatic heterocycles. The molecule has 0 fully saturated rings.